The second-order valence-electron chi connectivity index (χ2n) is 2.88. The number of thiophene rings is 1. The second kappa shape index (κ2) is 4.02. The van der Waals surface area contributed by atoms with Gasteiger partial charge >= 0.3 is 0 Å². The van der Waals surface area contributed by atoms with Crippen LogP contribution in [0.4, 0.5) is 17.1 Å². The Kier molecular flexibility index (Phi) is 2.74. The monoisotopic (exact) mass is 268 g/mol. The minimum Gasteiger partial charge on any atom is -0.399 e. The van der Waals surface area contributed by atoms with Gasteiger partial charge in [0.1, 0.15) is 0 Å². The molecule has 0 aliphatic heterocycles. The molecule has 0 fully saturated rings. The molecule has 4 heteroatoms. The zero-order chi connectivity index (χ0) is 9.97. The van der Waals surface area contributed by atoms with Crippen LogP contribution in [0.3, 0.4) is 0 Å². The third-order valence-electron chi connectivity index (χ3n) is 1.79. The fraction of sp³-hybridized carbons (Fsp3) is 0. The fourth-order valence-corrected chi connectivity index (χ4v) is 2.21. The van der Waals surface area contributed by atoms with E-state index in [0.717, 1.165) is 21.5 Å². The van der Waals surface area contributed by atoms with E-state index in [1.54, 1.807) is 11.3 Å². The second-order valence-corrected chi connectivity index (χ2v) is 4.51. The van der Waals surface area contributed by atoms with E-state index in [4.69, 9.17) is 5.73 Å². The van der Waals surface area contributed by atoms with Crippen LogP contribution in [0, 0.1) is 0 Å². The van der Waals surface area contributed by atoms with Crippen LogP contribution in [0.5, 0.6) is 0 Å². The summed E-state index contributed by atoms with van der Waals surface area (Å²) in [5.74, 6) is 0. The van der Waals surface area contributed by atoms with Crippen LogP contribution in [0.15, 0.2) is 39.5 Å². The summed E-state index contributed by atoms with van der Waals surface area (Å²) in [6, 6.07) is 7.75. The Morgan fingerprint density at radius 3 is 2.79 bits per heavy atom. The Morgan fingerprint density at radius 2 is 2.14 bits per heavy atom. The third-order valence-corrected chi connectivity index (χ3v) is 3.13. The minimum absolute atomic E-state index is 0.757. The first-order valence-electron chi connectivity index (χ1n) is 4.10. The molecule has 0 radical (unpaired) electrons. The maximum atomic E-state index is 5.65. The molecule has 0 aliphatic rings. The van der Waals surface area contributed by atoms with Crippen molar-refractivity contribution in [3.8, 4) is 0 Å². The van der Waals surface area contributed by atoms with Crippen LogP contribution in [0.2, 0.25) is 0 Å². The molecule has 0 unspecified atom stereocenters. The summed E-state index contributed by atoms with van der Waals surface area (Å²) >= 11 is 5.12. The molecule has 2 rings (SSSR count). The highest BCUT2D eigenvalue weighted by atomic mass is 79.9. The maximum Gasteiger partial charge on any atom is 0.0530 e. The molecule has 0 saturated carbocycles. The van der Waals surface area contributed by atoms with Crippen molar-refractivity contribution >= 4 is 44.3 Å². The van der Waals surface area contributed by atoms with Crippen molar-refractivity contribution in [2.24, 2.45) is 0 Å². The molecule has 0 saturated heterocycles. The predicted octanol–water partition coefficient (Wildman–Crippen LogP) is 3.84. The summed E-state index contributed by atoms with van der Waals surface area (Å²) in [7, 11) is 0. The van der Waals surface area contributed by atoms with Crippen LogP contribution >= 0.6 is 27.3 Å². The molecule has 0 atom stereocenters. The quantitative estimate of drug-likeness (QED) is 0.813. The normalized spacial score (nSPS) is 10.1. The third kappa shape index (κ3) is 2.08. The smallest absolute Gasteiger partial charge is 0.0530 e. The van der Waals surface area contributed by atoms with E-state index in [0.29, 0.717) is 0 Å². The lowest BCUT2D eigenvalue weighted by molar-refractivity contribution is 1.55. The molecule has 1 heterocycles. The molecule has 0 spiro atoms. The minimum atomic E-state index is 0.757. The number of nitrogens with two attached hydrogens (primary N) is 1. The Bertz CT molecular complexity index is 426. The number of hydrogen-bond acceptors (Lipinski definition) is 3. The number of anilines is 3. The van der Waals surface area contributed by atoms with Gasteiger partial charge < -0.3 is 11.1 Å². The van der Waals surface area contributed by atoms with E-state index in [-0.39, 0.29) is 0 Å². The van der Waals surface area contributed by atoms with E-state index in [9.17, 15) is 0 Å². The summed E-state index contributed by atoms with van der Waals surface area (Å²) in [6.07, 6.45) is 0. The van der Waals surface area contributed by atoms with Crippen LogP contribution < -0.4 is 11.1 Å². The Labute approximate surface area is 94.9 Å². The van der Waals surface area contributed by atoms with Gasteiger partial charge in [0.25, 0.3) is 0 Å². The van der Waals surface area contributed by atoms with Crippen LogP contribution in [0.25, 0.3) is 0 Å². The first kappa shape index (κ1) is 9.55. The molecule has 0 bridgehead atoms. The van der Waals surface area contributed by atoms with Gasteiger partial charge in [-0.1, -0.05) is 0 Å². The lowest BCUT2D eigenvalue weighted by atomic mass is 10.3. The van der Waals surface area contributed by atoms with Crippen molar-refractivity contribution in [2.75, 3.05) is 11.1 Å². The lowest BCUT2D eigenvalue weighted by Gasteiger charge is -2.06. The van der Waals surface area contributed by atoms with Crippen molar-refractivity contribution < 1.29 is 0 Å². The Balaban J connectivity index is 2.25. The van der Waals surface area contributed by atoms with Crippen molar-refractivity contribution in [1.82, 2.24) is 0 Å². The van der Waals surface area contributed by atoms with Crippen molar-refractivity contribution in [3.63, 3.8) is 0 Å². The van der Waals surface area contributed by atoms with Gasteiger partial charge in [0.05, 0.1) is 5.69 Å². The predicted molar refractivity (Wildman–Crippen MR) is 66.2 cm³/mol. The van der Waals surface area contributed by atoms with Crippen LogP contribution in [-0.4, -0.2) is 0 Å². The van der Waals surface area contributed by atoms with Gasteiger partial charge in [-0.05, 0) is 45.6 Å². The molecule has 2 nitrogen and oxygen atoms in total. The molecule has 72 valence electrons. The lowest BCUT2D eigenvalue weighted by Crippen LogP contribution is -1.91. The molecule has 0 aliphatic carbocycles. The van der Waals surface area contributed by atoms with Gasteiger partial charge in [0.15, 0.2) is 0 Å². The largest absolute Gasteiger partial charge is 0.399 e. The molecule has 1 aromatic heterocycles. The molecule has 2 aromatic rings. The Morgan fingerprint density at radius 1 is 1.29 bits per heavy atom. The van der Waals surface area contributed by atoms with Gasteiger partial charge in [-0.15, -0.1) is 0 Å². The molecular formula is C10H9BrN2S. The SMILES string of the molecule is Nc1ccc(Nc2ccsc2)c(Br)c1. The highest BCUT2D eigenvalue weighted by molar-refractivity contribution is 9.10. The average Bonchev–Trinajstić information content (AvgIpc) is 2.62. The zero-order valence-electron chi connectivity index (χ0n) is 7.33. The van der Waals surface area contributed by atoms with Gasteiger partial charge in [0, 0.05) is 21.2 Å². The molecule has 14 heavy (non-hydrogen) atoms. The summed E-state index contributed by atoms with van der Waals surface area (Å²) in [6.45, 7) is 0. The van der Waals surface area contributed by atoms with Crippen LogP contribution in [0.1, 0.15) is 0 Å². The van der Waals surface area contributed by atoms with E-state index in [2.05, 4.69) is 26.6 Å². The number of nitrogen functional groups attached to an aromatic ring is 1. The summed E-state index contributed by atoms with van der Waals surface area (Å²) in [4.78, 5) is 0. The van der Waals surface area contributed by atoms with Gasteiger partial charge in [0.2, 0.25) is 0 Å². The van der Waals surface area contributed by atoms with Crippen LogP contribution in [-0.2, 0) is 0 Å². The van der Waals surface area contributed by atoms with Crippen molar-refractivity contribution in [1.29, 1.82) is 0 Å². The van der Waals surface area contributed by atoms with E-state index >= 15 is 0 Å². The highest BCUT2D eigenvalue weighted by Crippen LogP contribution is 2.28. The summed E-state index contributed by atoms with van der Waals surface area (Å²) in [5.41, 5.74) is 8.53. The first-order chi connectivity index (χ1) is 6.75. The number of rotatable bonds is 2. The van der Waals surface area contributed by atoms with Gasteiger partial charge in [-0.3, -0.25) is 0 Å². The zero-order valence-corrected chi connectivity index (χ0v) is 9.73. The molecular weight excluding hydrogens is 260 g/mol. The number of hydrogen-bond donors (Lipinski definition) is 2. The maximum absolute atomic E-state index is 5.65. The van der Waals surface area contributed by atoms with E-state index < -0.39 is 0 Å². The standard InChI is InChI=1S/C10H9BrN2S/c11-9-5-7(12)1-2-10(9)13-8-3-4-14-6-8/h1-6,13H,12H2. The van der Waals surface area contributed by atoms with Crippen molar-refractivity contribution in [2.45, 2.75) is 0 Å². The van der Waals surface area contributed by atoms with E-state index in [1.807, 2.05) is 29.6 Å². The topological polar surface area (TPSA) is 38.0 Å². The average molecular weight is 269 g/mol. The Hall–Kier alpha value is -1.00. The van der Waals surface area contributed by atoms with E-state index in [1.165, 1.54) is 0 Å². The van der Waals surface area contributed by atoms with Crippen molar-refractivity contribution in [3.05, 3.63) is 39.5 Å². The number of benzene rings is 1. The molecule has 1 aromatic carbocycles. The number of nitrogens with one attached hydrogen (secondary N) is 1. The molecule has 0 amide bonds. The summed E-state index contributed by atoms with van der Waals surface area (Å²) < 4.78 is 0.976. The highest BCUT2D eigenvalue weighted by Gasteiger charge is 2.00. The van der Waals surface area contributed by atoms with Gasteiger partial charge in [-0.25, -0.2) is 0 Å². The number of halogens is 1. The first-order valence-corrected chi connectivity index (χ1v) is 5.83. The molecule has 3 N–H and O–H groups in total. The van der Waals surface area contributed by atoms with Gasteiger partial charge in [-0.2, -0.15) is 11.3 Å². The fourth-order valence-electron chi connectivity index (χ4n) is 1.12. The summed E-state index contributed by atoms with van der Waals surface area (Å²) in [5, 5.41) is 7.38.